The number of ether oxygens (including phenoxy) is 3. The fraction of sp³-hybridized carbons (Fsp3) is 0.625. The Hall–Kier alpha value is -1.26. The minimum absolute atomic E-state index is 0.352. The lowest BCUT2D eigenvalue weighted by atomic mass is 9.95. The second-order valence-corrected chi connectivity index (χ2v) is 5.29. The average Bonchev–Trinajstić information content (AvgIpc) is 2.49. The molecule has 1 aliphatic rings. The molecule has 0 aliphatic heterocycles. The molecule has 1 saturated carbocycles. The number of anilines is 1. The summed E-state index contributed by atoms with van der Waals surface area (Å²) in [5, 5.41) is 0. The van der Waals surface area contributed by atoms with E-state index in [4.69, 9.17) is 19.9 Å². The summed E-state index contributed by atoms with van der Waals surface area (Å²) in [5.41, 5.74) is 6.38. The van der Waals surface area contributed by atoms with Gasteiger partial charge in [-0.2, -0.15) is 0 Å². The van der Waals surface area contributed by atoms with Crippen molar-refractivity contribution in [1.82, 2.24) is 0 Å². The van der Waals surface area contributed by atoms with Gasteiger partial charge in [0, 0.05) is 19.2 Å². The quantitative estimate of drug-likeness (QED) is 0.616. The highest BCUT2D eigenvalue weighted by atomic mass is 16.5. The molecular weight excluding hydrogens is 254 g/mol. The Morgan fingerprint density at radius 2 is 1.85 bits per heavy atom. The predicted octanol–water partition coefficient (Wildman–Crippen LogP) is 3.01. The predicted molar refractivity (Wildman–Crippen MR) is 80.0 cm³/mol. The lowest BCUT2D eigenvalue weighted by molar-refractivity contribution is -0.0317. The van der Waals surface area contributed by atoms with Gasteiger partial charge in [-0.3, -0.25) is 0 Å². The molecule has 1 aromatic carbocycles. The van der Waals surface area contributed by atoms with Gasteiger partial charge < -0.3 is 19.9 Å². The second-order valence-electron chi connectivity index (χ2n) is 5.29. The van der Waals surface area contributed by atoms with E-state index < -0.39 is 0 Å². The maximum atomic E-state index is 5.89. The Labute approximate surface area is 121 Å². The number of benzene rings is 1. The minimum Gasteiger partial charge on any atom is -0.494 e. The molecule has 0 spiro atoms. The monoisotopic (exact) mass is 279 g/mol. The van der Waals surface area contributed by atoms with Crippen molar-refractivity contribution < 1.29 is 14.2 Å². The van der Waals surface area contributed by atoms with E-state index in [0.717, 1.165) is 43.7 Å². The standard InChI is InChI=1S/C16H25NO3/c1-18-15-4-2-5-16(12-15)20-11-3-10-19-14-8-6-13(17)7-9-14/h6-9,15-16H,2-5,10-12,17H2,1H3. The average molecular weight is 279 g/mol. The van der Waals surface area contributed by atoms with E-state index in [0.29, 0.717) is 18.8 Å². The third-order valence-corrected chi connectivity index (χ3v) is 3.70. The van der Waals surface area contributed by atoms with E-state index in [1.807, 2.05) is 24.3 Å². The molecule has 2 atom stereocenters. The van der Waals surface area contributed by atoms with E-state index in [9.17, 15) is 0 Å². The summed E-state index contributed by atoms with van der Waals surface area (Å²) in [4.78, 5) is 0. The summed E-state index contributed by atoms with van der Waals surface area (Å²) < 4.78 is 16.9. The first-order chi connectivity index (χ1) is 9.78. The maximum Gasteiger partial charge on any atom is 0.119 e. The highest BCUT2D eigenvalue weighted by Crippen LogP contribution is 2.23. The summed E-state index contributed by atoms with van der Waals surface area (Å²) in [6.45, 7) is 1.42. The van der Waals surface area contributed by atoms with Crippen molar-refractivity contribution in [3.8, 4) is 5.75 Å². The molecule has 1 aliphatic carbocycles. The molecule has 0 amide bonds. The molecular formula is C16H25NO3. The van der Waals surface area contributed by atoms with Gasteiger partial charge in [-0.15, -0.1) is 0 Å². The van der Waals surface area contributed by atoms with Gasteiger partial charge in [-0.1, -0.05) is 0 Å². The minimum atomic E-state index is 0.352. The van der Waals surface area contributed by atoms with E-state index in [1.54, 1.807) is 7.11 Å². The molecule has 1 fully saturated rings. The van der Waals surface area contributed by atoms with E-state index in [-0.39, 0.29) is 0 Å². The van der Waals surface area contributed by atoms with Crippen molar-refractivity contribution >= 4 is 5.69 Å². The van der Waals surface area contributed by atoms with Crippen LogP contribution in [-0.4, -0.2) is 32.5 Å². The Bertz CT molecular complexity index is 380. The van der Waals surface area contributed by atoms with Crippen LogP contribution < -0.4 is 10.5 Å². The van der Waals surface area contributed by atoms with Gasteiger partial charge in [-0.25, -0.2) is 0 Å². The van der Waals surface area contributed by atoms with Crippen LogP contribution in [-0.2, 0) is 9.47 Å². The van der Waals surface area contributed by atoms with Crippen LogP contribution in [0.4, 0.5) is 5.69 Å². The van der Waals surface area contributed by atoms with Crippen molar-refractivity contribution in [2.75, 3.05) is 26.1 Å². The zero-order valence-corrected chi connectivity index (χ0v) is 12.2. The van der Waals surface area contributed by atoms with Gasteiger partial charge in [0.25, 0.3) is 0 Å². The van der Waals surface area contributed by atoms with Crippen molar-refractivity contribution in [3.05, 3.63) is 24.3 Å². The Morgan fingerprint density at radius 3 is 2.60 bits per heavy atom. The SMILES string of the molecule is COC1CCCC(OCCCOc2ccc(N)cc2)C1. The van der Waals surface area contributed by atoms with Crippen LogP contribution in [0.5, 0.6) is 5.75 Å². The third-order valence-electron chi connectivity index (χ3n) is 3.70. The second kappa shape index (κ2) is 8.12. The number of nitrogens with two attached hydrogens (primary N) is 1. The fourth-order valence-electron chi connectivity index (χ4n) is 2.53. The summed E-state index contributed by atoms with van der Waals surface area (Å²) in [6, 6.07) is 7.47. The summed E-state index contributed by atoms with van der Waals surface area (Å²) in [7, 11) is 1.79. The van der Waals surface area contributed by atoms with Crippen LogP contribution in [0.2, 0.25) is 0 Å². The molecule has 0 radical (unpaired) electrons. The highest BCUT2D eigenvalue weighted by Gasteiger charge is 2.21. The Balaban J connectivity index is 1.56. The molecule has 2 unspecified atom stereocenters. The van der Waals surface area contributed by atoms with Gasteiger partial charge in [0.15, 0.2) is 0 Å². The first-order valence-corrected chi connectivity index (χ1v) is 7.40. The first-order valence-electron chi connectivity index (χ1n) is 7.40. The van der Waals surface area contributed by atoms with Crippen LogP contribution >= 0.6 is 0 Å². The van der Waals surface area contributed by atoms with Crippen molar-refractivity contribution in [2.24, 2.45) is 0 Å². The largest absolute Gasteiger partial charge is 0.494 e. The van der Waals surface area contributed by atoms with E-state index >= 15 is 0 Å². The van der Waals surface area contributed by atoms with Crippen LogP contribution in [0.15, 0.2) is 24.3 Å². The smallest absolute Gasteiger partial charge is 0.119 e. The number of methoxy groups -OCH3 is 1. The maximum absolute atomic E-state index is 5.89. The van der Waals surface area contributed by atoms with Gasteiger partial charge in [0.05, 0.1) is 25.4 Å². The van der Waals surface area contributed by atoms with E-state index in [2.05, 4.69) is 0 Å². The van der Waals surface area contributed by atoms with E-state index in [1.165, 1.54) is 6.42 Å². The van der Waals surface area contributed by atoms with Crippen LogP contribution in [0.3, 0.4) is 0 Å². The van der Waals surface area contributed by atoms with Gasteiger partial charge >= 0.3 is 0 Å². The first kappa shape index (κ1) is 15.1. The highest BCUT2D eigenvalue weighted by molar-refractivity contribution is 5.41. The molecule has 4 heteroatoms. The Kier molecular flexibility index (Phi) is 6.15. The number of nitrogen functional groups attached to an aromatic ring is 1. The summed E-state index contributed by atoms with van der Waals surface area (Å²) in [6.07, 6.45) is 6.17. The molecule has 0 bridgehead atoms. The van der Waals surface area contributed by atoms with Crippen LogP contribution in [0, 0.1) is 0 Å². The molecule has 0 heterocycles. The van der Waals surface area contributed by atoms with Crippen LogP contribution in [0.25, 0.3) is 0 Å². The summed E-state index contributed by atoms with van der Waals surface area (Å²) in [5.74, 6) is 0.858. The van der Waals surface area contributed by atoms with Gasteiger partial charge in [-0.05, 0) is 49.9 Å². The van der Waals surface area contributed by atoms with Crippen molar-refractivity contribution in [1.29, 1.82) is 0 Å². The lowest BCUT2D eigenvalue weighted by Crippen LogP contribution is -2.28. The lowest BCUT2D eigenvalue weighted by Gasteiger charge is -2.28. The zero-order valence-electron chi connectivity index (χ0n) is 12.2. The molecule has 0 saturated heterocycles. The number of rotatable bonds is 7. The number of hydrogen-bond donors (Lipinski definition) is 1. The van der Waals surface area contributed by atoms with Crippen molar-refractivity contribution in [2.45, 2.75) is 44.3 Å². The third kappa shape index (κ3) is 5.02. The molecule has 1 aromatic rings. The van der Waals surface area contributed by atoms with Gasteiger partial charge in [0.2, 0.25) is 0 Å². The molecule has 2 rings (SSSR count). The molecule has 4 nitrogen and oxygen atoms in total. The molecule has 2 N–H and O–H groups in total. The van der Waals surface area contributed by atoms with Crippen molar-refractivity contribution in [3.63, 3.8) is 0 Å². The zero-order chi connectivity index (χ0) is 14.2. The van der Waals surface area contributed by atoms with Crippen LogP contribution in [0.1, 0.15) is 32.1 Å². The molecule has 112 valence electrons. The summed E-state index contributed by atoms with van der Waals surface area (Å²) >= 11 is 0. The Morgan fingerprint density at radius 1 is 1.10 bits per heavy atom. The van der Waals surface area contributed by atoms with Gasteiger partial charge in [0.1, 0.15) is 5.75 Å². The normalized spacial score (nSPS) is 22.6. The topological polar surface area (TPSA) is 53.7 Å². The fourth-order valence-corrected chi connectivity index (χ4v) is 2.53. The molecule has 0 aromatic heterocycles. The molecule has 20 heavy (non-hydrogen) atoms. The number of hydrogen-bond acceptors (Lipinski definition) is 4.